The molecule has 2 aromatic carbocycles. The van der Waals surface area contributed by atoms with Gasteiger partial charge in [-0.25, -0.2) is 13.6 Å². The maximum atomic E-state index is 14.1. The molecule has 1 N–H and O–H groups in total. The van der Waals surface area contributed by atoms with Crippen LogP contribution in [0.1, 0.15) is 37.6 Å². The monoisotopic (exact) mass is 590 g/mol. The van der Waals surface area contributed by atoms with Crippen LogP contribution in [-0.4, -0.2) is 24.9 Å². The Balaban J connectivity index is 2.44. The highest BCUT2D eigenvalue weighted by molar-refractivity contribution is 14.1. The van der Waals surface area contributed by atoms with E-state index in [4.69, 9.17) is 9.29 Å². The molecule has 0 aliphatic heterocycles. The van der Waals surface area contributed by atoms with Crippen molar-refractivity contribution in [2.45, 2.75) is 32.1 Å². The van der Waals surface area contributed by atoms with Crippen molar-refractivity contribution >= 4 is 44.6 Å². The van der Waals surface area contributed by atoms with Gasteiger partial charge < -0.3 is 9.47 Å². The van der Waals surface area contributed by atoms with E-state index in [0.29, 0.717) is 9.99 Å². The van der Waals surface area contributed by atoms with Crippen LogP contribution >= 0.6 is 22.6 Å². The van der Waals surface area contributed by atoms with Crippen LogP contribution in [0, 0.1) is 32.3 Å². The molecular weight excluding hydrogens is 575 g/mol. The molecule has 0 bridgehead atoms. The van der Waals surface area contributed by atoms with E-state index in [1.54, 1.807) is 43.4 Å². The molecule has 2 aromatic rings. The molecule has 0 aromatic heterocycles. The second-order valence-electron chi connectivity index (χ2n) is 7.05. The van der Waals surface area contributed by atoms with Gasteiger partial charge >= 0.3 is 22.1 Å². The summed E-state index contributed by atoms with van der Waals surface area (Å²) in [4.78, 5) is 22.3. The van der Waals surface area contributed by atoms with Crippen molar-refractivity contribution < 1.29 is 49.6 Å². The molecule has 7 nitrogen and oxygen atoms in total. The van der Waals surface area contributed by atoms with Crippen LogP contribution in [0.3, 0.4) is 0 Å². The molecule has 0 saturated carbocycles. The van der Waals surface area contributed by atoms with Gasteiger partial charge in [0.05, 0.1) is 14.5 Å². The lowest BCUT2D eigenvalue weighted by Gasteiger charge is -2.20. The number of hydrogen-bond acceptors (Lipinski definition) is 6. The summed E-state index contributed by atoms with van der Waals surface area (Å²) in [6.07, 6.45) is 0.444. The van der Waals surface area contributed by atoms with Crippen LogP contribution in [-0.2, 0) is 14.9 Å². The van der Waals surface area contributed by atoms with Crippen LogP contribution in [0.5, 0.6) is 11.5 Å². The Morgan fingerprint density at radius 2 is 1.56 bits per heavy atom. The Bertz CT molecular complexity index is 1180. The Morgan fingerprint density at radius 3 is 2.03 bits per heavy atom. The van der Waals surface area contributed by atoms with E-state index in [9.17, 15) is 35.6 Å². The van der Waals surface area contributed by atoms with E-state index < -0.39 is 66.9 Å². The molecule has 174 valence electrons. The fourth-order valence-electron chi connectivity index (χ4n) is 2.15. The van der Waals surface area contributed by atoms with Gasteiger partial charge in [-0.3, -0.25) is 9.35 Å². The predicted octanol–water partition coefficient (Wildman–Crippen LogP) is 4.66. The first-order chi connectivity index (χ1) is 14.6. The summed E-state index contributed by atoms with van der Waals surface area (Å²) < 4.78 is 96.7. The molecule has 0 amide bonds. The highest BCUT2D eigenvalue weighted by Crippen LogP contribution is 2.33. The molecule has 0 atom stereocenters. The van der Waals surface area contributed by atoms with Gasteiger partial charge in [0.25, 0.3) is 0 Å². The van der Waals surface area contributed by atoms with Gasteiger partial charge in [0.2, 0.25) is 17.4 Å². The fourth-order valence-corrected chi connectivity index (χ4v) is 3.23. The first-order valence-corrected chi connectivity index (χ1v) is 11.2. The van der Waals surface area contributed by atoms with Crippen LogP contribution in [0.15, 0.2) is 23.1 Å². The van der Waals surface area contributed by atoms with Gasteiger partial charge in [-0.2, -0.15) is 17.2 Å². The molecule has 13 heteroatoms. The lowest BCUT2D eigenvalue weighted by atomic mass is 9.91. The zero-order valence-electron chi connectivity index (χ0n) is 16.6. The summed E-state index contributed by atoms with van der Waals surface area (Å²) in [5.74, 6) is -13.7. The van der Waals surface area contributed by atoms with Crippen LogP contribution < -0.4 is 9.47 Å². The number of benzene rings is 2. The summed E-state index contributed by atoms with van der Waals surface area (Å²) in [5, 5.41) is 0. The smallest absolute Gasteiger partial charge is 0.343 e. The van der Waals surface area contributed by atoms with Gasteiger partial charge in [-0.1, -0.05) is 6.92 Å². The van der Waals surface area contributed by atoms with Gasteiger partial charge in [0, 0.05) is 0 Å². The summed E-state index contributed by atoms with van der Waals surface area (Å²) >= 11 is 1.80. The highest BCUT2D eigenvalue weighted by atomic mass is 127. The van der Waals surface area contributed by atoms with Crippen LogP contribution in [0.4, 0.5) is 17.6 Å². The molecule has 0 spiro atoms. The zero-order valence-corrected chi connectivity index (χ0v) is 19.6. The van der Waals surface area contributed by atoms with E-state index in [2.05, 4.69) is 4.74 Å². The minimum atomic E-state index is -5.66. The highest BCUT2D eigenvalue weighted by Gasteiger charge is 2.34. The normalized spacial score (nSPS) is 11.9. The maximum Gasteiger partial charge on any atom is 0.343 e. The maximum absolute atomic E-state index is 14.1. The minimum Gasteiger partial charge on any atom is -0.425 e. The van der Waals surface area contributed by atoms with E-state index in [1.807, 2.05) is 0 Å². The number of hydrogen-bond donors (Lipinski definition) is 1. The third-order valence-electron chi connectivity index (χ3n) is 4.44. The van der Waals surface area contributed by atoms with Gasteiger partial charge in [-0.15, -0.1) is 0 Å². The Morgan fingerprint density at radius 1 is 1.03 bits per heavy atom. The first kappa shape index (κ1) is 26.0. The molecule has 0 saturated heterocycles. The van der Waals surface area contributed by atoms with Crippen molar-refractivity contribution in [3.63, 3.8) is 0 Å². The predicted molar refractivity (Wildman–Crippen MR) is 110 cm³/mol. The third-order valence-corrected chi connectivity index (χ3v) is 6.21. The van der Waals surface area contributed by atoms with Crippen LogP contribution in [0.2, 0.25) is 0 Å². The van der Waals surface area contributed by atoms with Gasteiger partial charge in [-0.05, 0) is 61.1 Å². The Hall–Kier alpha value is -2.26. The minimum absolute atomic E-state index is 0.0772. The summed E-state index contributed by atoms with van der Waals surface area (Å²) in [6.45, 7) is 5.02. The summed E-state index contributed by atoms with van der Waals surface area (Å²) in [6, 6.07) is 3.46. The fraction of sp³-hybridized carbons (Fsp3) is 0.263. The quantitative estimate of drug-likeness (QED) is 0.130. The topological polar surface area (TPSA) is 107 Å². The molecule has 0 fully saturated rings. The number of esters is 2. The SMILES string of the molecule is CCC(C)(C)C(=O)Oc1cc(C(=O)Oc2c(F)c(F)c(S(=O)(=O)O)c(F)c2F)ccc1I. The second kappa shape index (κ2) is 9.31. The number of halogens is 5. The molecule has 0 radical (unpaired) electrons. The number of carbonyl (C=O) groups excluding carboxylic acids is 2. The summed E-state index contributed by atoms with van der Waals surface area (Å²) in [7, 11) is -5.66. The molecule has 0 unspecified atom stereocenters. The molecular formula is C19H15F4IO7S. The molecule has 0 aliphatic rings. The first-order valence-electron chi connectivity index (χ1n) is 8.69. The average Bonchev–Trinajstić information content (AvgIpc) is 2.70. The standard InChI is InChI=1S/C19H15F4IO7S/c1-4-19(2,3)18(26)30-10-7-8(5-6-9(10)24)17(25)31-15-11(20)13(22)16(32(27,28)29)14(23)12(15)21/h5-7H,4H2,1-3H3,(H,27,28,29). The molecule has 2 rings (SSSR count). The lowest BCUT2D eigenvalue weighted by Crippen LogP contribution is -2.28. The van der Waals surface area contributed by atoms with Gasteiger partial charge in [0.1, 0.15) is 5.75 Å². The van der Waals surface area contributed by atoms with Crippen molar-refractivity contribution in [2.75, 3.05) is 0 Å². The lowest BCUT2D eigenvalue weighted by molar-refractivity contribution is -0.144. The number of rotatable bonds is 6. The summed E-state index contributed by atoms with van der Waals surface area (Å²) in [5.41, 5.74) is -1.25. The van der Waals surface area contributed by atoms with E-state index in [0.717, 1.165) is 12.1 Å². The largest absolute Gasteiger partial charge is 0.425 e. The number of ether oxygens (including phenoxy) is 2. The van der Waals surface area contributed by atoms with Crippen molar-refractivity contribution in [2.24, 2.45) is 5.41 Å². The van der Waals surface area contributed by atoms with E-state index in [1.165, 1.54) is 6.07 Å². The molecule has 0 heterocycles. The van der Waals surface area contributed by atoms with Crippen molar-refractivity contribution in [3.8, 4) is 11.5 Å². The second-order valence-corrected chi connectivity index (χ2v) is 9.57. The van der Waals surface area contributed by atoms with Crippen molar-refractivity contribution in [1.82, 2.24) is 0 Å². The van der Waals surface area contributed by atoms with Crippen molar-refractivity contribution in [1.29, 1.82) is 0 Å². The molecule has 0 aliphatic carbocycles. The zero-order chi connectivity index (χ0) is 24.6. The average molecular weight is 590 g/mol. The number of carbonyl (C=O) groups is 2. The van der Waals surface area contributed by atoms with E-state index >= 15 is 0 Å². The molecule has 32 heavy (non-hydrogen) atoms. The van der Waals surface area contributed by atoms with Gasteiger partial charge in [0.15, 0.2) is 16.5 Å². The third kappa shape index (κ3) is 5.20. The Labute approximate surface area is 193 Å². The van der Waals surface area contributed by atoms with E-state index in [-0.39, 0.29) is 5.75 Å². The Kier molecular flexibility index (Phi) is 7.56. The van der Waals surface area contributed by atoms with Crippen LogP contribution in [0.25, 0.3) is 0 Å². The van der Waals surface area contributed by atoms with Crippen molar-refractivity contribution in [3.05, 3.63) is 50.6 Å².